The lowest BCUT2D eigenvalue weighted by atomic mass is 9.54. The molecule has 2 aromatic carbocycles. The molecule has 2 N–H and O–H groups in total. The standard InChI is InChI=1S/C29H38Cl2N2O3/c1-20(2)18-33(3)13-12-28(22-6-5-7-24(16-22)36-4)17-23(10-11-29(28,35)19-33)32-27(34)15-21-8-9-25(30)26(31)14-21/h5-9,14,16,20,23,35H,10-13,15,17-19H2,1-4H3/p+1/t23-,28-,29?,33+/m1/s1. The number of piperidine rings is 1. The van der Waals surface area contributed by atoms with Gasteiger partial charge in [-0.3, -0.25) is 4.79 Å². The number of aliphatic hydroxyl groups is 1. The van der Waals surface area contributed by atoms with E-state index in [0.29, 0.717) is 35.3 Å². The van der Waals surface area contributed by atoms with Crippen molar-refractivity contribution in [1.29, 1.82) is 0 Å². The summed E-state index contributed by atoms with van der Waals surface area (Å²) in [7, 11) is 3.95. The van der Waals surface area contributed by atoms with E-state index in [1.54, 1.807) is 19.2 Å². The molecule has 0 bridgehead atoms. The third kappa shape index (κ3) is 5.55. The van der Waals surface area contributed by atoms with Crippen molar-refractivity contribution >= 4 is 29.1 Å². The Kier molecular flexibility index (Phi) is 7.97. The first-order valence-electron chi connectivity index (χ1n) is 12.9. The van der Waals surface area contributed by atoms with Crippen LogP contribution in [-0.2, 0) is 16.6 Å². The van der Waals surface area contributed by atoms with Crippen molar-refractivity contribution in [3.8, 4) is 5.75 Å². The SMILES string of the molecule is COc1cccc([C@]23CC[N@@+](C)(CC(C)C)CC2(O)CC[C@@H](NC(=O)Cc2ccc(Cl)c(Cl)c2)C3)c1. The van der Waals surface area contributed by atoms with E-state index >= 15 is 0 Å². The molecule has 4 rings (SSSR count). The molecule has 2 aliphatic rings. The molecule has 196 valence electrons. The van der Waals surface area contributed by atoms with Crippen LogP contribution < -0.4 is 10.1 Å². The molecular formula is C29H39Cl2N2O3+. The normalized spacial score (nSPS) is 30.1. The Bertz CT molecular complexity index is 1110. The Hall–Kier alpha value is -1.79. The first-order valence-corrected chi connectivity index (χ1v) is 13.7. The summed E-state index contributed by atoms with van der Waals surface area (Å²) in [5.74, 6) is 1.31. The monoisotopic (exact) mass is 533 g/mol. The molecule has 1 aliphatic carbocycles. The number of carbonyl (C=O) groups is 1. The number of nitrogens with zero attached hydrogens (tertiary/aromatic N) is 1. The smallest absolute Gasteiger partial charge is 0.224 e. The topological polar surface area (TPSA) is 58.6 Å². The van der Waals surface area contributed by atoms with Crippen LogP contribution in [0.15, 0.2) is 42.5 Å². The van der Waals surface area contributed by atoms with Gasteiger partial charge in [-0.15, -0.1) is 0 Å². The average Bonchev–Trinajstić information content (AvgIpc) is 2.81. The summed E-state index contributed by atoms with van der Waals surface area (Å²) < 4.78 is 6.42. The van der Waals surface area contributed by atoms with Crippen LogP contribution in [0.1, 0.15) is 50.7 Å². The molecule has 5 nitrogen and oxygen atoms in total. The Morgan fingerprint density at radius 2 is 1.97 bits per heavy atom. The number of halogens is 2. The number of hydrogen-bond acceptors (Lipinski definition) is 3. The number of likely N-dealkylation sites (tertiary alicyclic amines) is 1. The van der Waals surface area contributed by atoms with Gasteiger partial charge in [-0.05, 0) is 54.7 Å². The van der Waals surface area contributed by atoms with Crippen LogP contribution in [0.3, 0.4) is 0 Å². The molecule has 1 saturated heterocycles. The fourth-order valence-corrected chi connectivity index (χ4v) is 7.15. The maximum Gasteiger partial charge on any atom is 0.224 e. The van der Waals surface area contributed by atoms with Crippen molar-refractivity contribution in [3.63, 3.8) is 0 Å². The number of hydrogen-bond donors (Lipinski definition) is 2. The Morgan fingerprint density at radius 1 is 1.19 bits per heavy atom. The largest absolute Gasteiger partial charge is 0.497 e. The van der Waals surface area contributed by atoms with Crippen molar-refractivity contribution in [3.05, 3.63) is 63.6 Å². The highest BCUT2D eigenvalue weighted by Gasteiger charge is 2.61. The van der Waals surface area contributed by atoms with Gasteiger partial charge in [0, 0.05) is 23.8 Å². The van der Waals surface area contributed by atoms with Gasteiger partial charge in [-0.1, -0.05) is 55.2 Å². The summed E-state index contributed by atoms with van der Waals surface area (Å²) in [5.41, 5.74) is 0.627. The van der Waals surface area contributed by atoms with E-state index in [1.807, 2.05) is 18.2 Å². The maximum atomic E-state index is 13.0. The molecule has 1 saturated carbocycles. The van der Waals surface area contributed by atoms with E-state index in [4.69, 9.17) is 27.9 Å². The number of fused-ring (bicyclic) bond motifs is 1. The fourth-order valence-electron chi connectivity index (χ4n) is 6.83. The van der Waals surface area contributed by atoms with E-state index in [-0.39, 0.29) is 18.4 Å². The minimum absolute atomic E-state index is 0.0197. The zero-order valence-corrected chi connectivity index (χ0v) is 23.3. The first-order chi connectivity index (χ1) is 17.0. The van der Waals surface area contributed by atoms with Gasteiger partial charge in [0.05, 0.1) is 43.7 Å². The molecule has 0 radical (unpaired) electrons. The maximum absolute atomic E-state index is 13.0. The van der Waals surface area contributed by atoms with Crippen molar-refractivity contribution in [1.82, 2.24) is 5.32 Å². The van der Waals surface area contributed by atoms with E-state index in [0.717, 1.165) is 47.3 Å². The highest BCUT2D eigenvalue weighted by Crippen LogP contribution is 2.53. The van der Waals surface area contributed by atoms with Gasteiger partial charge in [0.2, 0.25) is 5.91 Å². The summed E-state index contributed by atoms with van der Waals surface area (Å²) in [6.45, 7) is 7.24. The molecule has 1 aliphatic heterocycles. The summed E-state index contributed by atoms with van der Waals surface area (Å²) in [6, 6.07) is 13.4. The molecule has 4 atom stereocenters. The van der Waals surface area contributed by atoms with Gasteiger partial charge < -0.3 is 19.6 Å². The number of ether oxygens (including phenoxy) is 1. The third-order valence-corrected chi connectivity index (χ3v) is 8.99. The molecular weight excluding hydrogens is 495 g/mol. The molecule has 2 fully saturated rings. The lowest BCUT2D eigenvalue weighted by Crippen LogP contribution is -2.71. The summed E-state index contributed by atoms with van der Waals surface area (Å²) in [6.07, 6.45) is 3.20. The first kappa shape index (κ1) is 27.3. The number of rotatable bonds is 7. The van der Waals surface area contributed by atoms with Gasteiger partial charge in [-0.2, -0.15) is 0 Å². The lowest BCUT2D eigenvalue weighted by molar-refractivity contribution is -0.926. The van der Waals surface area contributed by atoms with Crippen LogP contribution in [0.25, 0.3) is 0 Å². The van der Waals surface area contributed by atoms with Crippen molar-refractivity contribution in [2.75, 3.05) is 33.8 Å². The minimum Gasteiger partial charge on any atom is -0.497 e. The number of benzene rings is 2. The van der Waals surface area contributed by atoms with E-state index in [1.165, 1.54) is 0 Å². The van der Waals surface area contributed by atoms with Crippen LogP contribution >= 0.6 is 23.2 Å². The third-order valence-electron chi connectivity index (χ3n) is 8.26. The summed E-state index contributed by atoms with van der Waals surface area (Å²) in [4.78, 5) is 13.0. The predicted octanol–water partition coefficient (Wildman–Crippen LogP) is 5.39. The average molecular weight is 535 g/mol. The number of likely N-dealkylation sites (N-methyl/N-ethyl adjacent to an activating group) is 1. The molecule has 36 heavy (non-hydrogen) atoms. The molecule has 1 amide bonds. The van der Waals surface area contributed by atoms with Crippen LogP contribution in [0.5, 0.6) is 5.75 Å². The number of methoxy groups -OCH3 is 1. The molecule has 1 unspecified atom stereocenters. The number of amides is 1. The van der Waals surface area contributed by atoms with Crippen LogP contribution in [0, 0.1) is 5.92 Å². The molecule has 1 heterocycles. The lowest BCUT2D eigenvalue weighted by Gasteiger charge is -2.60. The second-order valence-corrected chi connectivity index (χ2v) is 12.4. The van der Waals surface area contributed by atoms with Crippen molar-refractivity contribution in [2.45, 2.75) is 63.0 Å². The Balaban J connectivity index is 1.59. The highest BCUT2D eigenvalue weighted by molar-refractivity contribution is 6.42. The molecule has 7 heteroatoms. The summed E-state index contributed by atoms with van der Waals surface area (Å²) >= 11 is 12.2. The van der Waals surface area contributed by atoms with Crippen molar-refractivity contribution < 1.29 is 19.1 Å². The molecule has 0 spiro atoms. The second kappa shape index (κ2) is 10.5. The van der Waals surface area contributed by atoms with Gasteiger partial charge in [0.25, 0.3) is 0 Å². The van der Waals surface area contributed by atoms with Gasteiger partial charge in [-0.25, -0.2) is 0 Å². The van der Waals surface area contributed by atoms with E-state index < -0.39 is 11.0 Å². The second-order valence-electron chi connectivity index (χ2n) is 11.6. The molecule has 0 aromatic heterocycles. The van der Waals surface area contributed by atoms with Crippen LogP contribution in [0.2, 0.25) is 10.0 Å². The van der Waals surface area contributed by atoms with Crippen molar-refractivity contribution in [2.24, 2.45) is 5.92 Å². The van der Waals surface area contributed by atoms with E-state index in [9.17, 15) is 9.90 Å². The highest BCUT2D eigenvalue weighted by atomic mass is 35.5. The van der Waals surface area contributed by atoms with E-state index in [2.05, 4.69) is 38.3 Å². The fraction of sp³-hybridized carbons (Fsp3) is 0.552. The van der Waals surface area contributed by atoms with Gasteiger partial charge in [0.15, 0.2) is 0 Å². The number of carbonyl (C=O) groups excluding carboxylic acids is 1. The quantitative estimate of drug-likeness (QED) is 0.469. The molecule has 2 aromatic rings. The van der Waals surface area contributed by atoms with Gasteiger partial charge >= 0.3 is 0 Å². The van der Waals surface area contributed by atoms with Gasteiger partial charge in [0.1, 0.15) is 17.9 Å². The predicted molar refractivity (Wildman–Crippen MR) is 146 cm³/mol. The Morgan fingerprint density at radius 3 is 2.67 bits per heavy atom. The van der Waals surface area contributed by atoms with Crippen LogP contribution in [-0.4, -0.2) is 60.9 Å². The zero-order valence-electron chi connectivity index (χ0n) is 21.8. The van der Waals surface area contributed by atoms with Crippen LogP contribution in [0.4, 0.5) is 0 Å². The number of nitrogens with one attached hydrogen (secondary N) is 1. The summed E-state index contributed by atoms with van der Waals surface area (Å²) in [5, 5.41) is 16.5. The number of quaternary nitrogens is 1. The zero-order chi connectivity index (χ0) is 26.1. The minimum atomic E-state index is -0.855. The Labute approximate surface area is 225 Å².